The van der Waals surface area contributed by atoms with E-state index in [1.165, 1.54) is 19.3 Å². The van der Waals surface area contributed by atoms with Crippen molar-refractivity contribution in [1.29, 1.82) is 0 Å². The van der Waals surface area contributed by atoms with Crippen molar-refractivity contribution in [1.82, 2.24) is 5.43 Å². The van der Waals surface area contributed by atoms with Gasteiger partial charge in [-0.15, -0.1) is 0 Å². The topological polar surface area (TPSA) is 47.3 Å². The third kappa shape index (κ3) is 3.44. The Morgan fingerprint density at radius 3 is 2.73 bits per heavy atom. The minimum Gasteiger partial charge on any atom is -0.380 e. The van der Waals surface area contributed by atoms with Crippen molar-refractivity contribution in [3.63, 3.8) is 0 Å². The number of hydrazine groups is 1. The molecule has 1 rings (SSSR count). The molecule has 0 aromatic heterocycles. The highest BCUT2D eigenvalue weighted by molar-refractivity contribution is 4.91. The van der Waals surface area contributed by atoms with Crippen molar-refractivity contribution in [3.8, 4) is 0 Å². The second-order valence-electron chi connectivity index (χ2n) is 5.34. The van der Waals surface area contributed by atoms with E-state index in [1.807, 2.05) is 0 Å². The van der Waals surface area contributed by atoms with Crippen LogP contribution in [0.15, 0.2) is 0 Å². The lowest BCUT2D eigenvalue weighted by atomic mass is 9.78. The Morgan fingerprint density at radius 1 is 1.53 bits per heavy atom. The smallest absolute Gasteiger partial charge is 0.0636 e. The highest BCUT2D eigenvalue weighted by Crippen LogP contribution is 2.44. The van der Waals surface area contributed by atoms with Gasteiger partial charge in [0.2, 0.25) is 0 Å². The maximum atomic E-state index is 5.63. The molecule has 0 aromatic rings. The van der Waals surface area contributed by atoms with Crippen LogP contribution in [0.1, 0.15) is 46.5 Å². The predicted octanol–water partition coefficient (Wildman–Crippen LogP) is 2.07. The monoisotopic (exact) mass is 214 g/mol. The fourth-order valence-electron chi connectivity index (χ4n) is 2.73. The molecule has 0 heterocycles. The molecule has 0 radical (unpaired) electrons. The summed E-state index contributed by atoms with van der Waals surface area (Å²) in [7, 11) is 0. The molecule has 1 aliphatic carbocycles. The van der Waals surface area contributed by atoms with Crippen LogP contribution in [0.5, 0.6) is 0 Å². The molecule has 0 saturated heterocycles. The third-order valence-electron chi connectivity index (χ3n) is 3.69. The summed E-state index contributed by atoms with van der Waals surface area (Å²) in [4.78, 5) is 0. The van der Waals surface area contributed by atoms with Crippen LogP contribution in [0.2, 0.25) is 0 Å². The number of nitrogens with one attached hydrogen (secondary N) is 1. The van der Waals surface area contributed by atoms with Gasteiger partial charge in [0.1, 0.15) is 0 Å². The normalized spacial score (nSPS) is 26.8. The second kappa shape index (κ2) is 5.83. The molecule has 0 aromatic carbocycles. The lowest BCUT2D eigenvalue weighted by molar-refractivity contribution is 0.0702. The van der Waals surface area contributed by atoms with Gasteiger partial charge in [-0.2, -0.15) is 0 Å². The number of hydrogen-bond donors (Lipinski definition) is 2. The Hall–Kier alpha value is -0.120. The molecule has 3 heteroatoms. The van der Waals surface area contributed by atoms with E-state index in [2.05, 4.69) is 26.2 Å². The molecule has 2 unspecified atom stereocenters. The lowest BCUT2D eigenvalue weighted by Crippen LogP contribution is -2.47. The number of nitrogens with two attached hydrogens (primary N) is 1. The molecular formula is C12H26N2O. The predicted molar refractivity (Wildman–Crippen MR) is 63.3 cm³/mol. The van der Waals surface area contributed by atoms with Crippen LogP contribution in [0.4, 0.5) is 0 Å². The minimum absolute atomic E-state index is 0.314. The Labute approximate surface area is 93.7 Å². The largest absolute Gasteiger partial charge is 0.380 e. The van der Waals surface area contributed by atoms with Gasteiger partial charge in [-0.25, -0.2) is 0 Å². The molecule has 15 heavy (non-hydrogen) atoms. The van der Waals surface area contributed by atoms with E-state index >= 15 is 0 Å². The standard InChI is InChI=1S/C12H26N2O/c1-4-8-15-9-11(14-13)10-6-5-7-12(10,2)3/h10-11,14H,4-9,13H2,1-3H3. The summed E-state index contributed by atoms with van der Waals surface area (Å²) in [6.45, 7) is 8.40. The first-order valence-corrected chi connectivity index (χ1v) is 6.15. The molecular weight excluding hydrogens is 188 g/mol. The van der Waals surface area contributed by atoms with Gasteiger partial charge in [-0.1, -0.05) is 27.2 Å². The summed E-state index contributed by atoms with van der Waals surface area (Å²) < 4.78 is 5.60. The van der Waals surface area contributed by atoms with E-state index in [9.17, 15) is 0 Å². The first-order valence-electron chi connectivity index (χ1n) is 6.15. The summed E-state index contributed by atoms with van der Waals surface area (Å²) in [6, 6.07) is 0.314. The van der Waals surface area contributed by atoms with Crippen molar-refractivity contribution in [3.05, 3.63) is 0 Å². The quantitative estimate of drug-likeness (QED) is 0.404. The molecule has 3 nitrogen and oxygen atoms in total. The van der Waals surface area contributed by atoms with E-state index in [0.717, 1.165) is 19.6 Å². The van der Waals surface area contributed by atoms with Crippen LogP contribution < -0.4 is 11.3 Å². The van der Waals surface area contributed by atoms with Crippen molar-refractivity contribution in [2.75, 3.05) is 13.2 Å². The van der Waals surface area contributed by atoms with Gasteiger partial charge in [0.25, 0.3) is 0 Å². The zero-order valence-electron chi connectivity index (χ0n) is 10.4. The maximum absolute atomic E-state index is 5.63. The first kappa shape index (κ1) is 12.9. The zero-order valence-corrected chi connectivity index (χ0v) is 10.4. The van der Waals surface area contributed by atoms with Crippen LogP contribution in [-0.4, -0.2) is 19.3 Å². The zero-order chi connectivity index (χ0) is 11.3. The third-order valence-corrected chi connectivity index (χ3v) is 3.69. The second-order valence-corrected chi connectivity index (χ2v) is 5.34. The maximum Gasteiger partial charge on any atom is 0.0636 e. The average Bonchev–Trinajstić information content (AvgIpc) is 2.53. The molecule has 1 aliphatic rings. The summed E-state index contributed by atoms with van der Waals surface area (Å²) in [6.07, 6.45) is 4.98. The van der Waals surface area contributed by atoms with Gasteiger partial charge >= 0.3 is 0 Å². The Balaban J connectivity index is 2.43. The number of rotatable bonds is 6. The van der Waals surface area contributed by atoms with Gasteiger partial charge in [0.15, 0.2) is 0 Å². The first-order chi connectivity index (χ1) is 7.11. The van der Waals surface area contributed by atoms with E-state index < -0.39 is 0 Å². The van der Waals surface area contributed by atoms with Gasteiger partial charge in [-0.3, -0.25) is 11.3 Å². The Bertz CT molecular complexity index is 182. The minimum atomic E-state index is 0.314. The summed E-state index contributed by atoms with van der Waals surface area (Å²) in [5.74, 6) is 6.28. The number of ether oxygens (including phenoxy) is 1. The van der Waals surface area contributed by atoms with Gasteiger partial charge < -0.3 is 4.74 Å². The van der Waals surface area contributed by atoms with E-state index in [-0.39, 0.29) is 0 Å². The summed E-state index contributed by atoms with van der Waals surface area (Å²) in [5.41, 5.74) is 3.34. The molecule has 1 fully saturated rings. The highest BCUT2D eigenvalue weighted by atomic mass is 16.5. The highest BCUT2D eigenvalue weighted by Gasteiger charge is 2.39. The van der Waals surface area contributed by atoms with Crippen molar-refractivity contribution < 1.29 is 4.74 Å². The summed E-state index contributed by atoms with van der Waals surface area (Å²) >= 11 is 0. The van der Waals surface area contributed by atoms with E-state index in [1.54, 1.807) is 0 Å². The van der Waals surface area contributed by atoms with Crippen LogP contribution in [0.25, 0.3) is 0 Å². The van der Waals surface area contributed by atoms with Gasteiger partial charge in [-0.05, 0) is 30.6 Å². The molecule has 2 atom stereocenters. The van der Waals surface area contributed by atoms with E-state index in [0.29, 0.717) is 17.4 Å². The molecule has 0 amide bonds. The van der Waals surface area contributed by atoms with E-state index in [4.69, 9.17) is 10.6 Å². The van der Waals surface area contributed by atoms with Crippen molar-refractivity contribution in [2.24, 2.45) is 17.2 Å². The van der Waals surface area contributed by atoms with Crippen LogP contribution >= 0.6 is 0 Å². The fourth-order valence-corrected chi connectivity index (χ4v) is 2.73. The Kier molecular flexibility index (Phi) is 5.03. The fraction of sp³-hybridized carbons (Fsp3) is 1.00. The molecule has 0 bridgehead atoms. The van der Waals surface area contributed by atoms with Crippen molar-refractivity contribution in [2.45, 2.75) is 52.5 Å². The van der Waals surface area contributed by atoms with Crippen LogP contribution in [0.3, 0.4) is 0 Å². The molecule has 3 N–H and O–H groups in total. The molecule has 1 saturated carbocycles. The van der Waals surface area contributed by atoms with Gasteiger partial charge in [0.05, 0.1) is 6.61 Å². The molecule has 90 valence electrons. The van der Waals surface area contributed by atoms with Crippen LogP contribution in [0, 0.1) is 11.3 Å². The molecule has 0 aliphatic heterocycles. The number of hydrogen-bond acceptors (Lipinski definition) is 3. The molecule has 0 spiro atoms. The lowest BCUT2D eigenvalue weighted by Gasteiger charge is -2.33. The van der Waals surface area contributed by atoms with Crippen molar-refractivity contribution >= 4 is 0 Å². The summed E-state index contributed by atoms with van der Waals surface area (Å²) in [5, 5.41) is 0. The SMILES string of the molecule is CCCOCC(NN)C1CCCC1(C)C. The average molecular weight is 214 g/mol. The van der Waals surface area contributed by atoms with Crippen LogP contribution in [-0.2, 0) is 4.74 Å². The Morgan fingerprint density at radius 2 is 2.27 bits per heavy atom. The van der Waals surface area contributed by atoms with Gasteiger partial charge in [0, 0.05) is 12.6 Å².